The molecule has 21 heavy (non-hydrogen) atoms. The van der Waals surface area contributed by atoms with E-state index >= 15 is 0 Å². The van der Waals surface area contributed by atoms with E-state index in [0.29, 0.717) is 6.42 Å². The third kappa shape index (κ3) is 4.34. The predicted molar refractivity (Wildman–Crippen MR) is 78.9 cm³/mol. The van der Waals surface area contributed by atoms with Gasteiger partial charge in [0.05, 0.1) is 6.61 Å². The van der Waals surface area contributed by atoms with Crippen molar-refractivity contribution in [2.45, 2.75) is 25.4 Å². The number of halogens is 2. The van der Waals surface area contributed by atoms with Gasteiger partial charge in [-0.3, -0.25) is 0 Å². The molecule has 0 amide bonds. The van der Waals surface area contributed by atoms with Crippen molar-refractivity contribution < 1.29 is 13.9 Å². The minimum atomic E-state index is -0.469. The quantitative estimate of drug-likeness (QED) is 0.856. The Labute approximate surface area is 123 Å². The SMILES string of the molecule is CC(NC(CO)Cc1ccccc1)c1cc(F)ccc1F. The number of nitrogens with one attached hydrogen (secondary N) is 1. The van der Waals surface area contributed by atoms with Gasteiger partial charge < -0.3 is 10.4 Å². The Morgan fingerprint density at radius 3 is 2.48 bits per heavy atom. The minimum absolute atomic E-state index is 0.0732. The summed E-state index contributed by atoms with van der Waals surface area (Å²) in [6.07, 6.45) is 0.624. The van der Waals surface area contributed by atoms with Crippen LogP contribution in [0.5, 0.6) is 0 Å². The van der Waals surface area contributed by atoms with Crippen LogP contribution in [0.15, 0.2) is 48.5 Å². The first-order valence-electron chi connectivity index (χ1n) is 6.96. The van der Waals surface area contributed by atoms with Gasteiger partial charge in [0.15, 0.2) is 0 Å². The Balaban J connectivity index is 2.05. The molecule has 0 bridgehead atoms. The summed E-state index contributed by atoms with van der Waals surface area (Å²) in [7, 11) is 0. The topological polar surface area (TPSA) is 32.3 Å². The highest BCUT2D eigenvalue weighted by molar-refractivity contribution is 5.22. The maximum absolute atomic E-state index is 13.7. The van der Waals surface area contributed by atoms with Gasteiger partial charge in [0, 0.05) is 17.6 Å². The van der Waals surface area contributed by atoms with Crippen molar-refractivity contribution in [2.75, 3.05) is 6.61 Å². The van der Waals surface area contributed by atoms with Crippen LogP contribution < -0.4 is 5.32 Å². The van der Waals surface area contributed by atoms with Crippen LogP contribution in [0.4, 0.5) is 8.78 Å². The van der Waals surface area contributed by atoms with Gasteiger partial charge in [-0.15, -0.1) is 0 Å². The first kappa shape index (κ1) is 15.6. The van der Waals surface area contributed by atoms with Gasteiger partial charge in [-0.05, 0) is 37.1 Å². The van der Waals surface area contributed by atoms with Crippen molar-refractivity contribution in [3.63, 3.8) is 0 Å². The Kier molecular flexibility index (Phi) is 5.42. The van der Waals surface area contributed by atoms with Gasteiger partial charge in [0.2, 0.25) is 0 Å². The highest BCUT2D eigenvalue weighted by atomic mass is 19.1. The normalized spacial score (nSPS) is 13.9. The molecule has 0 radical (unpaired) electrons. The molecular formula is C17H19F2NO. The van der Waals surface area contributed by atoms with Crippen molar-refractivity contribution in [3.05, 3.63) is 71.3 Å². The average molecular weight is 291 g/mol. The zero-order chi connectivity index (χ0) is 15.2. The monoisotopic (exact) mass is 291 g/mol. The van der Waals surface area contributed by atoms with E-state index in [4.69, 9.17) is 0 Å². The summed E-state index contributed by atoms with van der Waals surface area (Å²) in [6.45, 7) is 1.68. The zero-order valence-electron chi connectivity index (χ0n) is 11.9. The van der Waals surface area contributed by atoms with Crippen molar-refractivity contribution >= 4 is 0 Å². The summed E-state index contributed by atoms with van der Waals surface area (Å²) in [6, 6.07) is 12.5. The molecule has 2 aromatic rings. The third-order valence-corrected chi connectivity index (χ3v) is 3.46. The van der Waals surface area contributed by atoms with Crippen LogP contribution >= 0.6 is 0 Å². The second-order valence-corrected chi connectivity index (χ2v) is 5.12. The molecule has 0 saturated carbocycles. The van der Waals surface area contributed by atoms with Crippen molar-refractivity contribution in [1.29, 1.82) is 0 Å². The first-order valence-corrected chi connectivity index (χ1v) is 6.96. The van der Waals surface area contributed by atoms with E-state index in [2.05, 4.69) is 5.32 Å². The third-order valence-electron chi connectivity index (χ3n) is 3.46. The van der Waals surface area contributed by atoms with E-state index in [0.717, 1.165) is 17.7 Å². The van der Waals surface area contributed by atoms with Gasteiger partial charge in [-0.1, -0.05) is 30.3 Å². The summed E-state index contributed by atoms with van der Waals surface area (Å²) in [5.74, 6) is -0.920. The van der Waals surface area contributed by atoms with Gasteiger partial charge >= 0.3 is 0 Å². The van der Waals surface area contributed by atoms with Crippen molar-refractivity contribution in [1.82, 2.24) is 5.32 Å². The zero-order valence-corrected chi connectivity index (χ0v) is 11.9. The highest BCUT2D eigenvalue weighted by Crippen LogP contribution is 2.19. The summed E-state index contributed by atoms with van der Waals surface area (Å²) >= 11 is 0. The average Bonchev–Trinajstić information content (AvgIpc) is 2.50. The lowest BCUT2D eigenvalue weighted by atomic mass is 10.0. The second kappa shape index (κ2) is 7.29. The highest BCUT2D eigenvalue weighted by Gasteiger charge is 2.16. The molecule has 2 unspecified atom stereocenters. The molecule has 2 N–H and O–H groups in total. The predicted octanol–water partition coefficient (Wildman–Crippen LogP) is 3.22. The molecule has 0 heterocycles. The summed E-state index contributed by atoms with van der Waals surface area (Å²) in [5, 5.41) is 12.6. The Morgan fingerprint density at radius 2 is 1.81 bits per heavy atom. The van der Waals surface area contributed by atoms with Crippen LogP contribution in [0.1, 0.15) is 24.1 Å². The lowest BCUT2D eigenvalue weighted by molar-refractivity contribution is 0.232. The van der Waals surface area contributed by atoms with Crippen LogP contribution in [-0.2, 0) is 6.42 Å². The van der Waals surface area contributed by atoms with E-state index in [1.165, 1.54) is 6.07 Å². The van der Waals surface area contributed by atoms with Gasteiger partial charge in [-0.2, -0.15) is 0 Å². The van der Waals surface area contributed by atoms with E-state index < -0.39 is 11.6 Å². The molecule has 0 saturated heterocycles. The number of rotatable bonds is 6. The lowest BCUT2D eigenvalue weighted by Crippen LogP contribution is -2.36. The molecule has 0 aromatic heterocycles. The van der Waals surface area contributed by atoms with E-state index in [-0.39, 0.29) is 24.3 Å². The van der Waals surface area contributed by atoms with Crippen LogP contribution in [0.3, 0.4) is 0 Å². The smallest absolute Gasteiger partial charge is 0.128 e. The molecule has 4 heteroatoms. The fourth-order valence-electron chi connectivity index (χ4n) is 2.36. The molecule has 0 aliphatic rings. The maximum Gasteiger partial charge on any atom is 0.128 e. The molecule has 2 nitrogen and oxygen atoms in total. The van der Waals surface area contributed by atoms with Crippen molar-refractivity contribution in [2.24, 2.45) is 0 Å². The first-order chi connectivity index (χ1) is 10.1. The second-order valence-electron chi connectivity index (χ2n) is 5.12. The van der Waals surface area contributed by atoms with E-state index in [1.807, 2.05) is 30.3 Å². The fourth-order valence-corrected chi connectivity index (χ4v) is 2.36. The van der Waals surface area contributed by atoms with Crippen LogP contribution in [0.2, 0.25) is 0 Å². The van der Waals surface area contributed by atoms with Crippen LogP contribution in [-0.4, -0.2) is 17.8 Å². The number of benzene rings is 2. The van der Waals surface area contributed by atoms with Crippen LogP contribution in [0.25, 0.3) is 0 Å². The van der Waals surface area contributed by atoms with Crippen molar-refractivity contribution in [3.8, 4) is 0 Å². The molecule has 2 rings (SSSR count). The molecule has 0 fully saturated rings. The Hall–Kier alpha value is -1.78. The van der Waals surface area contributed by atoms with Gasteiger partial charge in [0.1, 0.15) is 11.6 Å². The standard InChI is InChI=1S/C17H19F2NO/c1-12(16-10-14(18)7-8-17(16)19)20-15(11-21)9-13-5-3-2-4-6-13/h2-8,10,12,15,20-21H,9,11H2,1H3. The fraction of sp³-hybridized carbons (Fsp3) is 0.294. The number of aliphatic hydroxyl groups excluding tert-OH is 1. The largest absolute Gasteiger partial charge is 0.395 e. The Morgan fingerprint density at radius 1 is 1.10 bits per heavy atom. The molecule has 0 aliphatic carbocycles. The minimum Gasteiger partial charge on any atom is -0.395 e. The molecule has 112 valence electrons. The summed E-state index contributed by atoms with van der Waals surface area (Å²) in [4.78, 5) is 0. The molecular weight excluding hydrogens is 272 g/mol. The Bertz CT molecular complexity index is 574. The lowest BCUT2D eigenvalue weighted by Gasteiger charge is -2.22. The maximum atomic E-state index is 13.7. The molecule has 2 atom stereocenters. The van der Waals surface area contributed by atoms with Gasteiger partial charge in [0.25, 0.3) is 0 Å². The number of aliphatic hydroxyl groups is 1. The molecule has 2 aromatic carbocycles. The van der Waals surface area contributed by atoms with Gasteiger partial charge in [-0.25, -0.2) is 8.78 Å². The molecule has 0 spiro atoms. The van der Waals surface area contributed by atoms with Crippen LogP contribution in [0, 0.1) is 11.6 Å². The number of hydrogen-bond acceptors (Lipinski definition) is 2. The number of hydrogen-bond donors (Lipinski definition) is 2. The van der Waals surface area contributed by atoms with E-state index in [9.17, 15) is 13.9 Å². The molecule has 0 aliphatic heterocycles. The summed E-state index contributed by atoms with van der Waals surface area (Å²) < 4.78 is 27.0. The van der Waals surface area contributed by atoms with E-state index in [1.54, 1.807) is 6.92 Å². The summed E-state index contributed by atoms with van der Waals surface area (Å²) in [5.41, 5.74) is 1.34.